The number of hydrogen-bond acceptors (Lipinski definition) is 5. The molecule has 0 saturated heterocycles. The number of rotatable bonds is 7. The van der Waals surface area contributed by atoms with E-state index in [1.165, 1.54) is 0 Å². The molecular weight excluding hydrogens is 202 g/mol. The van der Waals surface area contributed by atoms with E-state index < -0.39 is 10.6 Å². The van der Waals surface area contributed by atoms with Crippen molar-refractivity contribution in [1.29, 1.82) is 0 Å². The number of nitrogens with zero attached hydrogens (tertiary/aromatic N) is 1. The average Bonchev–Trinajstić information content (AvgIpc) is 2.11. The lowest BCUT2D eigenvalue weighted by Gasteiger charge is -2.25. The number of amides is 1. The molecule has 7 nitrogen and oxygen atoms in total. The monoisotopic (exact) mass is 219 g/mol. The second-order valence-corrected chi connectivity index (χ2v) is 3.80. The van der Waals surface area contributed by atoms with E-state index in [0.717, 1.165) is 0 Å². The molecule has 0 heterocycles. The van der Waals surface area contributed by atoms with Crippen LogP contribution in [0.3, 0.4) is 0 Å². The summed E-state index contributed by atoms with van der Waals surface area (Å²) in [7, 11) is 0. The first-order valence-corrected chi connectivity index (χ1v) is 4.66. The van der Waals surface area contributed by atoms with Gasteiger partial charge in [0.1, 0.15) is 0 Å². The van der Waals surface area contributed by atoms with Crippen LogP contribution in [0.25, 0.3) is 0 Å². The van der Waals surface area contributed by atoms with E-state index in [9.17, 15) is 14.9 Å². The van der Waals surface area contributed by atoms with Crippen LogP contribution in [-0.2, 0) is 9.63 Å². The molecule has 0 spiro atoms. The first kappa shape index (κ1) is 13.6. The van der Waals surface area contributed by atoms with Gasteiger partial charge in [-0.2, -0.15) is 0 Å². The molecule has 7 heteroatoms. The van der Waals surface area contributed by atoms with Crippen LogP contribution in [0.1, 0.15) is 26.7 Å². The largest absolute Gasteiger partial charge is 0.350 e. The van der Waals surface area contributed by atoms with E-state index >= 15 is 0 Å². The second kappa shape index (κ2) is 6.18. The highest BCUT2D eigenvalue weighted by Gasteiger charge is 2.19. The van der Waals surface area contributed by atoms with Gasteiger partial charge in [-0.15, -0.1) is 10.1 Å². The number of nitrogens with two attached hydrogens (primary N) is 1. The topological polar surface area (TPSA) is 107 Å². The van der Waals surface area contributed by atoms with Crippen LogP contribution in [0.15, 0.2) is 0 Å². The minimum Gasteiger partial charge on any atom is -0.350 e. The van der Waals surface area contributed by atoms with E-state index in [1.807, 2.05) is 13.8 Å². The molecule has 1 amide bonds. The predicted octanol–water partition coefficient (Wildman–Crippen LogP) is -0.172. The van der Waals surface area contributed by atoms with Crippen LogP contribution in [0, 0.1) is 10.1 Å². The van der Waals surface area contributed by atoms with Crippen molar-refractivity contribution < 1.29 is 14.7 Å². The Morgan fingerprint density at radius 1 is 1.60 bits per heavy atom. The van der Waals surface area contributed by atoms with Crippen molar-refractivity contribution in [3.8, 4) is 0 Å². The van der Waals surface area contributed by atoms with Crippen LogP contribution in [-0.4, -0.2) is 29.7 Å². The van der Waals surface area contributed by atoms with Crippen molar-refractivity contribution >= 4 is 5.91 Å². The summed E-state index contributed by atoms with van der Waals surface area (Å²) in [6.45, 7) is 3.63. The molecule has 88 valence electrons. The highest BCUT2D eigenvalue weighted by molar-refractivity contribution is 5.78. The Balaban J connectivity index is 3.73. The Labute approximate surface area is 88.1 Å². The third kappa shape index (κ3) is 7.68. The van der Waals surface area contributed by atoms with E-state index in [4.69, 9.17) is 5.73 Å². The van der Waals surface area contributed by atoms with Crippen molar-refractivity contribution in [3.63, 3.8) is 0 Å². The summed E-state index contributed by atoms with van der Waals surface area (Å²) in [6, 6.07) is 0. The quantitative estimate of drug-likeness (QED) is 0.351. The van der Waals surface area contributed by atoms with E-state index in [-0.39, 0.29) is 19.1 Å². The Hall–Kier alpha value is -1.37. The molecule has 0 atom stereocenters. The SMILES string of the molecule is CC(C)(CCCO[N+](=O)[O-])NC(=O)CN. The summed E-state index contributed by atoms with van der Waals surface area (Å²) in [6.07, 6.45) is 1.09. The first-order chi connectivity index (χ1) is 6.87. The van der Waals surface area contributed by atoms with E-state index in [2.05, 4.69) is 10.2 Å². The smallest absolute Gasteiger partial charge is 0.294 e. The van der Waals surface area contributed by atoms with E-state index in [1.54, 1.807) is 0 Å². The molecule has 0 aromatic heterocycles. The average molecular weight is 219 g/mol. The molecule has 0 aliphatic heterocycles. The molecule has 0 aromatic carbocycles. The van der Waals surface area contributed by atoms with Crippen LogP contribution >= 0.6 is 0 Å². The van der Waals surface area contributed by atoms with E-state index in [0.29, 0.717) is 12.8 Å². The van der Waals surface area contributed by atoms with Gasteiger partial charge >= 0.3 is 0 Å². The third-order valence-electron chi connectivity index (χ3n) is 1.81. The Bertz CT molecular complexity index is 230. The second-order valence-electron chi connectivity index (χ2n) is 3.80. The molecule has 0 bridgehead atoms. The number of carbonyl (C=O) groups excluding carboxylic acids is 1. The zero-order valence-electron chi connectivity index (χ0n) is 8.99. The van der Waals surface area contributed by atoms with Gasteiger partial charge in [0.2, 0.25) is 5.91 Å². The minimum atomic E-state index is -0.828. The molecule has 0 saturated carbocycles. The molecule has 0 fully saturated rings. The van der Waals surface area contributed by atoms with Crippen molar-refractivity contribution in [3.05, 3.63) is 10.1 Å². The standard InChI is InChI=1S/C8H17N3O4/c1-8(2,10-7(12)6-9)4-3-5-15-11(13)14/h3-6,9H2,1-2H3,(H,10,12). The molecule has 0 radical (unpaired) electrons. The lowest BCUT2D eigenvalue weighted by Crippen LogP contribution is -2.46. The summed E-state index contributed by atoms with van der Waals surface area (Å²) >= 11 is 0. The molecule has 0 rings (SSSR count). The molecule has 3 N–H and O–H groups in total. The number of hydrogen-bond donors (Lipinski definition) is 2. The van der Waals surface area contributed by atoms with Gasteiger partial charge in [-0.3, -0.25) is 4.79 Å². The Kier molecular flexibility index (Phi) is 5.61. The lowest BCUT2D eigenvalue weighted by molar-refractivity contribution is -0.757. The first-order valence-electron chi connectivity index (χ1n) is 4.66. The predicted molar refractivity (Wildman–Crippen MR) is 53.5 cm³/mol. The van der Waals surface area contributed by atoms with Crippen LogP contribution in [0.4, 0.5) is 0 Å². The zero-order valence-corrected chi connectivity index (χ0v) is 8.99. The third-order valence-corrected chi connectivity index (χ3v) is 1.81. The molecule has 0 aliphatic rings. The van der Waals surface area contributed by atoms with Crippen molar-refractivity contribution in [2.24, 2.45) is 5.73 Å². The number of carbonyl (C=O) groups is 1. The minimum absolute atomic E-state index is 0.0366. The normalized spacial score (nSPS) is 10.9. The summed E-state index contributed by atoms with van der Waals surface area (Å²) in [5.41, 5.74) is 4.73. The fourth-order valence-electron chi connectivity index (χ4n) is 1.14. The van der Waals surface area contributed by atoms with Gasteiger partial charge in [0.25, 0.3) is 5.09 Å². The Morgan fingerprint density at radius 3 is 2.67 bits per heavy atom. The van der Waals surface area contributed by atoms with Crippen molar-refractivity contribution in [2.45, 2.75) is 32.2 Å². The van der Waals surface area contributed by atoms with Crippen molar-refractivity contribution in [1.82, 2.24) is 5.32 Å². The fourth-order valence-corrected chi connectivity index (χ4v) is 1.14. The molecular formula is C8H17N3O4. The molecule has 0 unspecified atom stereocenters. The van der Waals surface area contributed by atoms with Gasteiger partial charge in [0, 0.05) is 5.54 Å². The fraction of sp³-hybridized carbons (Fsp3) is 0.875. The summed E-state index contributed by atoms with van der Waals surface area (Å²) in [5, 5.41) is 11.7. The highest BCUT2D eigenvalue weighted by Crippen LogP contribution is 2.10. The summed E-state index contributed by atoms with van der Waals surface area (Å²) < 4.78 is 0. The lowest BCUT2D eigenvalue weighted by atomic mass is 9.98. The van der Waals surface area contributed by atoms with Gasteiger partial charge in [-0.25, -0.2) is 0 Å². The maximum atomic E-state index is 11.0. The molecule has 0 aliphatic carbocycles. The summed E-state index contributed by atoms with van der Waals surface area (Å²) in [4.78, 5) is 25.0. The molecule has 0 aromatic rings. The van der Waals surface area contributed by atoms with Crippen LogP contribution in [0.5, 0.6) is 0 Å². The van der Waals surface area contributed by atoms with Gasteiger partial charge in [0.05, 0.1) is 13.2 Å². The zero-order chi connectivity index (χ0) is 11.9. The van der Waals surface area contributed by atoms with Gasteiger partial charge < -0.3 is 15.9 Å². The van der Waals surface area contributed by atoms with Gasteiger partial charge in [0.15, 0.2) is 0 Å². The maximum Gasteiger partial charge on any atom is 0.294 e. The molecule has 15 heavy (non-hydrogen) atoms. The summed E-state index contributed by atoms with van der Waals surface area (Å²) in [5.74, 6) is -0.241. The van der Waals surface area contributed by atoms with Gasteiger partial charge in [-0.1, -0.05) is 0 Å². The number of nitrogens with one attached hydrogen (secondary N) is 1. The highest BCUT2D eigenvalue weighted by atomic mass is 16.9. The van der Waals surface area contributed by atoms with Crippen LogP contribution < -0.4 is 11.1 Å². The maximum absolute atomic E-state index is 11.0. The Morgan fingerprint density at radius 2 is 2.20 bits per heavy atom. The van der Waals surface area contributed by atoms with Crippen LogP contribution in [0.2, 0.25) is 0 Å². The van der Waals surface area contributed by atoms with Gasteiger partial charge in [-0.05, 0) is 26.7 Å². The van der Waals surface area contributed by atoms with Crippen molar-refractivity contribution in [2.75, 3.05) is 13.2 Å².